The van der Waals surface area contributed by atoms with Crippen LogP contribution in [0.15, 0.2) is 46.7 Å². The fourth-order valence-electron chi connectivity index (χ4n) is 1.74. The van der Waals surface area contributed by atoms with Crippen molar-refractivity contribution in [2.24, 2.45) is 0 Å². The molecule has 1 amide bonds. The number of carbonyl (C=O) groups excluding carboxylic acids is 1. The van der Waals surface area contributed by atoms with Crippen LogP contribution in [-0.2, 0) is 11.3 Å². The number of hydrogen-bond donors (Lipinski definition) is 1. The third kappa shape index (κ3) is 4.34. The fourth-order valence-corrected chi connectivity index (χ4v) is 3.49. The van der Waals surface area contributed by atoms with Crippen molar-refractivity contribution in [3.8, 4) is 0 Å². The van der Waals surface area contributed by atoms with Gasteiger partial charge in [0, 0.05) is 16.8 Å². The Bertz CT molecular complexity index is 626. The van der Waals surface area contributed by atoms with Gasteiger partial charge in [-0.05, 0) is 23.6 Å². The SMILES string of the molecule is CN(Cc1cccs1)C(=O)CSc1ccccc1C(=O)O. The van der Waals surface area contributed by atoms with Crippen molar-refractivity contribution in [3.05, 3.63) is 52.2 Å². The molecule has 1 aromatic carbocycles. The molecule has 1 N–H and O–H groups in total. The number of aromatic carboxylic acids is 1. The Morgan fingerprint density at radius 1 is 1.24 bits per heavy atom. The Morgan fingerprint density at radius 3 is 2.67 bits per heavy atom. The van der Waals surface area contributed by atoms with E-state index in [-0.39, 0.29) is 17.2 Å². The highest BCUT2D eigenvalue weighted by Gasteiger charge is 2.14. The summed E-state index contributed by atoms with van der Waals surface area (Å²) >= 11 is 2.87. The summed E-state index contributed by atoms with van der Waals surface area (Å²) in [5.41, 5.74) is 0.233. The Balaban J connectivity index is 1.93. The molecule has 0 radical (unpaired) electrons. The third-order valence-electron chi connectivity index (χ3n) is 2.87. The van der Waals surface area contributed by atoms with E-state index in [4.69, 9.17) is 5.11 Å². The van der Waals surface area contributed by atoms with E-state index in [1.54, 1.807) is 47.5 Å². The lowest BCUT2D eigenvalue weighted by Gasteiger charge is -2.16. The molecule has 0 unspecified atom stereocenters. The molecule has 2 aromatic rings. The molecule has 2 rings (SSSR count). The largest absolute Gasteiger partial charge is 0.478 e. The van der Waals surface area contributed by atoms with Crippen molar-refractivity contribution in [2.75, 3.05) is 12.8 Å². The zero-order valence-corrected chi connectivity index (χ0v) is 13.1. The Hall–Kier alpha value is -1.79. The highest BCUT2D eigenvalue weighted by Crippen LogP contribution is 2.23. The number of rotatable bonds is 6. The predicted molar refractivity (Wildman–Crippen MR) is 84.9 cm³/mol. The normalized spacial score (nSPS) is 10.3. The summed E-state index contributed by atoms with van der Waals surface area (Å²) < 4.78 is 0. The van der Waals surface area contributed by atoms with Crippen LogP contribution in [0.3, 0.4) is 0 Å². The Labute approximate surface area is 131 Å². The number of benzene rings is 1. The minimum Gasteiger partial charge on any atom is -0.478 e. The number of thioether (sulfide) groups is 1. The van der Waals surface area contributed by atoms with Gasteiger partial charge in [0.15, 0.2) is 0 Å². The van der Waals surface area contributed by atoms with E-state index < -0.39 is 5.97 Å². The number of nitrogens with zero attached hydrogens (tertiary/aromatic N) is 1. The highest BCUT2D eigenvalue weighted by molar-refractivity contribution is 8.00. The molecule has 0 saturated carbocycles. The van der Waals surface area contributed by atoms with Crippen LogP contribution in [0.5, 0.6) is 0 Å². The van der Waals surface area contributed by atoms with Crippen LogP contribution in [0.4, 0.5) is 0 Å². The van der Waals surface area contributed by atoms with Crippen LogP contribution < -0.4 is 0 Å². The van der Waals surface area contributed by atoms with Crippen LogP contribution in [-0.4, -0.2) is 34.7 Å². The van der Waals surface area contributed by atoms with Crippen molar-refractivity contribution in [3.63, 3.8) is 0 Å². The second kappa shape index (κ2) is 7.28. The lowest BCUT2D eigenvalue weighted by Crippen LogP contribution is -2.27. The highest BCUT2D eigenvalue weighted by atomic mass is 32.2. The fraction of sp³-hybridized carbons (Fsp3) is 0.200. The summed E-state index contributed by atoms with van der Waals surface area (Å²) in [6.45, 7) is 0.581. The van der Waals surface area contributed by atoms with Gasteiger partial charge in [0.2, 0.25) is 5.91 Å². The molecule has 1 heterocycles. The Kier molecular flexibility index (Phi) is 5.41. The van der Waals surface area contributed by atoms with Gasteiger partial charge in [0.05, 0.1) is 17.9 Å². The van der Waals surface area contributed by atoms with Crippen molar-refractivity contribution in [2.45, 2.75) is 11.4 Å². The monoisotopic (exact) mass is 321 g/mol. The van der Waals surface area contributed by atoms with E-state index in [0.717, 1.165) is 4.88 Å². The molecular weight excluding hydrogens is 306 g/mol. The summed E-state index contributed by atoms with van der Waals surface area (Å²) in [4.78, 5) is 26.6. The number of thiophene rings is 1. The first-order valence-corrected chi connectivity index (χ1v) is 8.16. The average molecular weight is 321 g/mol. The summed E-state index contributed by atoms with van der Waals surface area (Å²) in [7, 11) is 1.76. The number of carboxylic acid groups (broad SMARTS) is 1. The lowest BCUT2D eigenvalue weighted by atomic mass is 10.2. The molecule has 0 atom stereocenters. The van der Waals surface area contributed by atoms with Gasteiger partial charge in [-0.2, -0.15) is 0 Å². The molecule has 4 nitrogen and oxygen atoms in total. The average Bonchev–Trinajstić information content (AvgIpc) is 2.97. The number of hydrogen-bond acceptors (Lipinski definition) is 4. The van der Waals surface area contributed by atoms with Gasteiger partial charge < -0.3 is 10.0 Å². The quantitative estimate of drug-likeness (QED) is 0.830. The van der Waals surface area contributed by atoms with Gasteiger partial charge in [-0.25, -0.2) is 4.79 Å². The molecule has 0 bridgehead atoms. The van der Waals surface area contributed by atoms with E-state index >= 15 is 0 Å². The molecule has 0 aliphatic rings. The zero-order chi connectivity index (χ0) is 15.2. The van der Waals surface area contributed by atoms with Gasteiger partial charge >= 0.3 is 5.97 Å². The topological polar surface area (TPSA) is 57.6 Å². The summed E-state index contributed by atoms with van der Waals surface area (Å²) in [6.07, 6.45) is 0. The molecule has 0 fully saturated rings. The second-order valence-corrected chi connectivity index (χ2v) is 6.47. The maximum Gasteiger partial charge on any atom is 0.336 e. The number of amides is 1. The van der Waals surface area contributed by atoms with Crippen molar-refractivity contribution in [1.82, 2.24) is 4.90 Å². The van der Waals surface area contributed by atoms with Crippen LogP contribution in [0.1, 0.15) is 15.2 Å². The van der Waals surface area contributed by atoms with Crippen molar-refractivity contribution >= 4 is 35.0 Å². The molecule has 0 aliphatic carbocycles. The molecular formula is C15H15NO3S2. The van der Waals surface area contributed by atoms with Crippen LogP contribution in [0, 0.1) is 0 Å². The molecule has 1 aromatic heterocycles. The maximum absolute atomic E-state index is 12.1. The van der Waals surface area contributed by atoms with Crippen molar-refractivity contribution < 1.29 is 14.7 Å². The molecule has 0 saturated heterocycles. The summed E-state index contributed by atoms with van der Waals surface area (Å²) in [6, 6.07) is 10.7. The van der Waals surface area contributed by atoms with Crippen LogP contribution >= 0.6 is 23.1 Å². The lowest BCUT2D eigenvalue weighted by molar-refractivity contribution is -0.127. The molecule has 6 heteroatoms. The first kappa shape index (κ1) is 15.6. The van der Waals surface area contributed by atoms with E-state index in [2.05, 4.69) is 0 Å². The van der Waals surface area contributed by atoms with E-state index in [9.17, 15) is 9.59 Å². The van der Waals surface area contributed by atoms with Gasteiger partial charge in [-0.1, -0.05) is 18.2 Å². The van der Waals surface area contributed by atoms with E-state index in [1.807, 2.05) is 17.5 Å². The maximum atomic E-state index is 12.1. The summed E-state index contributed by atoms with van der Waals surface area (Å²) in [5, 5.41) is 11.1. The molecule has 0 aliphatic heterocycles. The third-order valence-corrected chi connectivity index (χ3v) is 4.79. The Morgan fingerprint density at radius 2 is 2.00 bits per heavy atom. The van der Waals surface area contributed by atoms with Gasteiger partial charge in [0.25, 0.3) is 0 Å². The molecule has 0 spiro atoms. The van der Waals surface area contributed by atoms with Gasteiger partial charge in [-0.15, -0.1) is 23.1 Å². The smallest absolute Gasteiger partial charge is 0.336 e. The minimum atomic E-state index is -0.975. The van der Waals surface area contributed by atoms with Gasteiger partial charge in [-0.3, -0.25) is 4.79 Å². The molecule has 110 valence electrons. The zero-order valence-electron chi connectivity index (χ0n) is 11.5. The van der Waals surface area contributed by atoms with Crippen molar-refractivity contribution in [1.29, 1.82) is 0 Å². The second-order valence-electron chi connectivity index (χ2n) is 4.42. The number of carbonyl (C=O) groups is 2. The van der Waals surface area contributed by atoms with Crippen LogP contribution in [0.25, 0.3) is 0 Å². The van der Waals surface area contributed by atoms with Crippen LogP contribution in [0.2, 0.25) is 0 Å². The van der Waals surface area contributed by atoms with E-state index in [0.29, 0.717) is 11.4 Å². The number of carboxylic acids is 1. The van der Waals surface area contributed by atoms with E-state index in [1.165, 1.54) is 11.8 Å². The first-order chi connectivity index (χ1) is 10.1. The minimum absolute atomic E-state index is 0.0198. The standard InChI is InChI=1S/C15H15NO3S2/c1-16(9-11-5-4-8-20-11)14(17)10-21-13-7-3-2-6-12(13)15(18)19/h2-8H,9-10H2,1H3,(H,18,19). The van der Waals surface area contributed by atoms with Gasteiger partial charge in [0.1, 0.15) is 0 Å². The first-order valence-electron chi connectivity index (χ1n) is 6.29. The molecule has 21 heavy (non-hydrogen) atoms. The summed E-state index contributed by atoms with van der Waals surface area (Å²) in [5.74, 6) is -0.766. The predicted octanol–water partition coefficient (Wildman–Crippen LogP) is 3.20.